The minimum absolute atomic E-state index is 0.176. The van der Waals surface area contributed by atoms with Crippen molar-refractivity contribution < 1.29 is 9.47 Å². The van der Waals surface area contributed by atoms with Crippen LogP contribution in [-0.4, -0.2) is 24.9 Å². The van der Waals surface area contributed by atoms with Crippen LogP contribution in [0.1, 0.15) is 20.8 Å². The van der Waals surface area contributed by atoms with Gasteiger partial charge in [-0.05, 0) is 20.8 Å². The Labute approximate surface area is 67.5 Å². The lowest BCUT2D eigenvalue weighted by Crippen LogP contribution is -2.22. The number of rotatable bonds is 5. The van der Waals surface area contributed by atoms with Crippen LogP contribution in [0.5, 0.6) is 0 Å². The molecule has 0 fully saturated rings. The van der Waals surface area contributed by atoms with Crippen LogP contribution in [0.3, 0.4) is 0 Å². The Hall–Kier alpha value is 0.210. The summed E-state index contributed by atoms with van der Waals surface area (Å²) in [4.78, 5) is 0. The van der Waals surface area contributed by atoms with Crippen LogP contribution in [-0.2, 0) is 9.47 Å². The molecular formula is C7H15ClO2. The third-order valence-electron chi connectivity index (χ3n) is 0.902. The first-order valence-electron chi connectivity index (χ1n) is 3.53. The average Bonchev–Trinajstić information content (AvgIpc) is 1.86. The van der Waals surface area contributed by atoms with Crippen LogP contribution in [0, 0.1) is 0 Å². The molecule has 62 valence electrons. The lowest BCUT2D eigenvalue weighted by atomic mass is 10.5. The number of halogens is 1. The van der Waals surface area contributed by atoms with Crippen LogP contribution in [0.4, 0.5) is 0 Å². The van der Waals surface area contributed by atoms with Crippen molar-refractivity contribution >= 4 is 11.6 Å². The Morgan fingerprint density at radius 2 is 2.00 bits per heavy atom. The minimum Gasteiger partial charge on any atom is -0.352 e. The zero-order chi connectivity index (χ0) is 7.98. The molecule has 2 nitrogen and oxygen atoms in total. The first-order valence-corrected chi connectivity index (χ1v) is 4.07. The molecule has 0 aliphatic rings. The van der Waals surface area contributed by atoms with Crippen LogP contribution in [0.15, 0.2) is 0 Å². The van der Waals surface area contributed by atoms with Gasteiger partial charge in [0.05, 0.1) is 12.0 Å². The molecule has 0 aromatic rings. The molecule has 0 spiro atoms. The second kappa shape index (κ2) is 5.96. The third kappa shape index (κ3) is 5.03. The standard InChI is InChI=1S/C7H15ClO2/c1-4-9-7(5-8)10-6(2)3/h6-7H,4-5H2,1-3H3. The Balaban J connectivity index is 3.39. The van der Waals surface area contributed by atoms with Crippen molar-refractivity contribution in [3.05, 3.63) is 0 Å². The van der Waals surface area contributed by atoms with Crippen molar-refractivity contribution in [2.24, 2.45) is 0 Å². The summed E-state index contributed by atoms with van der Waals surface area (Å²) in [7, 11) is 0. The van der Waals surface area contributed by atoms with E-state index in [0.29, 0.717) is 12.5 Å². The van der Waals surface area contributed by atoms with Crippen LogP contribution >= 0.6 is 11.6 Å². The fraction of sp³-hybridized carbons (Fsp3) is 1.00. The van der Waals surface area contributed by atoms with Gasteiger partial charge in [-0.15, -0.1) is 11.6 Å². The van der Waals surface area contributed by atoms with E-state index in [-0.39, 0.29) is 12.4 Å². The molecule has 0 aliphatic heterocycles. The van der Waals surface area contributed by atoms with Gasteiger partial charge in [-0.25, -0.2) is 0 Å². The van der Waals surface area contributed by atoms with E-state index in [4.69, 9.17) is 21.1 Å². The molecule has 0 aromatic carbocycles. The van der Waals surface area contributed by atoms with Gasteiger partial charge >= 0.3 is 0 Å². The molecule has 0 saturated carbocycles. The molecule has 0 amide bonds. The molecule has 10 heavy (non-hydrogen) atoms. The van der Waals surface area contributed by atoms with Crippen LogP contribution in [0.25, 0.3) is 0 Å². The van der Waals surface area contributed by atoms with Gasteiger partial charge in [-0.1, -0.05) is 0 Å². The normalized spacial score (nSPS) is 14.1. The maximum Gasteiger partial charge on any atom is 0.171 e. The largest absolute Gasteiger partial charge is 0.352 e. The molecule has 0 aliphatic carbocycles. The molecule has 0 N–H and O–H groups in total. The summed E-state index contributed by atoms with van der Waals surface area (Å²) in [6.45, 7) is 6.48. The van der Waals surface area contributed by atoms with E-state index in [1.807, 2.05) is 20.8 Å². The van der Waals surface area contributed by atoms with Crippen molar-refractivity contribution in [3.63, 3.8) is 0 Å². The fourth-order valence-electron chi connectivity index (χ4n) is 0.610. The van der Waals surface area contributed by atoms with E-state index in [2.05, 4.69) is 0 Å². The van der Waals surface area contributed by atoms with E-state index in [9.17, 15) is 0 Å². The van der Waals surface area contributed by atoms with Gasteiger partial charge in [0.15, 0.2) is 6.29 Å². The molecule has 1 atom stereocenters. The smallest absolute Gasteiger partial charge is 0.171 e. The van der Waals surface area contributed by atoms with Crippen molar-refractivity contribution in [2.75, 3.05) is 12.5 Å². The molecule has 0 bridgehead atoms. The number of hydrogen-bond acceptors (Lipinski definition) is 2. The lowest BCUT2D eigenvalue weighted by molar-refractivity contribution is -0.146. The monoisotopic (exact) mass is 166 g/mol. The predicted octanol–water partition coefficient (Wildman–Crippen LogP) is 2.01. The van der Waals surface area contributed by atoms with Crippen molar-refractivity contribution in [2.45, 2.75) is 33.2 Å². The molecule has 1 unspecified atom stereocenters. The minimum atomic E-state index is -0.244. The van der Waals surface area contributed by atoms with Gasteiger partial charge in [-0.3, -0.25) is 0 Å². The molecule has 0 rings (SSSR count). The molecule has 0 radical (unpaired) electrons. The van der Waals surface area contributed by atoms with Gasteiger partial charge in [0.1, 0.15) is 0 Å². The maximum atomic E-state index is 5.54. The first kappa shape index (κ1) is 10.2. The highest BCUT2D eigenvalue weighted by molar-refractivity contribution is 6.18. The van der Waals surface area contributed by atoms with Crippen molar-refractivity contribution in [3.8, 4) is 0 Å². The first-order chi connectivity index (χ1) is 4.70. The SMILES string of the molecule is CCOC(CCl)OC(C)C. The highest BCUT2D eigenvalue weighted by Crippen LogP contribution is 2.01. The van der Waals surface area contributed by atoms with E-state index in [0.717, 1.165) is 0 Å². The zero-order valence-electron chi connectivity index (χ0n) is 6.76. The summed E-state index contributed by atoms with van der Waals surface area (Å²) >= 11 is 5.54. The maximum absolute atomic E-state index is 5.54. The summed E-state index contributed by atoms with van der Waals surface area (Å²) in [5, 5.41) is 0. The zero-order valence-corrected chi connectivity index (χ0v) is 7.52. The van der Waals surface area contributed by atoms with E-state index in [1.165, 1.54) is 0 Å². The van der Waals surface area contributed by atoms with E-state index >= 15 is 0 Å². The molecule has 0 saturated heterocycles. The summed E-state index contributed by atoms with van der Waals surface area (Å²) in [5.74, 6) is 0.395. The Bertz CT molecular complexity index is 76.0. The van der Waals surface area contributed by atoms with Crippen LogP contribution < -0.4 is 0 Å². The third-order valence-corrected chi connectivity index (χ3v) is 1.15. The van der Waals surface area contributed by atoms with E-state index in [1.54, 1.807) is 0 Å². The van der Waals surface area contributed by atoms with Gasteiger partial charge in [0.2, 0.25) is 0 Å². The molecule has 0 heterocycles. The van der Waals surface area contributed by atoms with Crippen LogP contribution in [0.2, 0.25) is 0 Å². The van der Waals surface area contributed by atoms with Gasteiger partial charge in [0.25, 0.3) is 0 Å². The number of hydrogen-bond donors (Lipinski definition) is 0. The van der Waals surface area contributed by atoms with Crippen molar-refractivity contribution in [1.82, 2.24) is 0 Å². The molecular weight excluding hydrogens is 152 g/mol. The summed E-state index contributed by atoms with van der Waals surface area (Å²) in [5.41, 5.74) is 0. The average molecular weight is 167 g/mol. The van der Waals surface area contributed by atoms with E-state index < -0.39 is 0 Å². The fourth-order valence-corrected chi connectivity index (χ4v) is 0.771. The second-order valence-corrected chi connectivity index (χ2v) is 2.53. The van der Waals surface area contributed by atoms with Gasteiger partial charge < -0.3 is 9.47 Å². The van der Waals surface area contributed by atoms with Gasteiger partial charge in [-0.2, -0.15) is 0 Å². The number of alkyl halides is 1. The quantitative estimate of drug-likeness (QED) is 0.460. The second-order valence-electron chi connectivity index (χ2n) is 2.22. The highest BCUT2D eigenvalue weighted by atomic mass is 35.5. The summed E-state index contributed by atoms with van der Waals surface area (Å²) in [6.07, 6.45) is -0.0676. The summed E-state index contributed by atoms with van der Waals surface area (Å²) in [6, 6.07) is 0. The van der Waals surface area contributed by atoms with Crippen molar-refractivity contribution in [1.29, 1.82) is 0 Å². The Kier molecular flexibility index (Phi) is 6.08. The Morgan fingerprint density at radius 3 is 2.30 bits per heavy atom. The lowest BCUT2D eigenvalue weighted by Gasteiger charge is -2.17. The topological polar surface area (TPSA) is 18.5 Å². The predicted molar refractivity (Wildman–Crippen MR) is 42.4 cm³/mol. The molecule has 0 aromatic heterocycles. The highest BCUT2D eigenvalue weighted by Gasteiger charge is 2.07. The van der Waals surface area contributed by atoms with Gasteiger partial charge in [0, 0.05) is 6.61 Å². The Morgan fingerprint density at radius 1 is 1.40 bits per heavy atom. The number of ether oxygens (including phenoxy) is 2. The molecule has 3 heteroatoms. The summed E-state index contributed by atoms with van der Waals surface area (Å²) < 4.78 is 10.4.